The molecular formula is C17H20O2S. The van der Waals surface area contributed by atoms with Gasteiger partial charge in [-0.1, -0.05) is 23.6 Å². The predicted octanol–water partition coefficient (Wildman–Crippen LogP) is 3.40. The molecule has 3 heteroatoms. The van der Waals surface area contributed by atoms with Crippen LogP contribution in [0.15, 0.2) is 17.0 Å². The summed E-state index contributed by atoms with van der Waals surface area (Å²) in [4.78, 5) is 0.299. The quantitative estimate of drug-likeness (QED) is 0.586. The van der Waals surface area contributed by atoms with E-state index in [9.17, 15) is 8.42 Å². The van der Waals surface area contributed by atoms with Crippen LogP contribution in [0.5, 0.6) is 0 Å². The highest BCUT2D eigenvalue weighted by Crippen LogP contribution is 2.22. The Hall–Kier alpha value is -1.71. The second-order valence-corrected chi connectivity index (χ2v) is 7.58. The lowest BCUT2D eigenvalue weighted by Crippen LogP contribution is -2.03. The van der Waals surface area contributed by atoms with E-state index >= 15 is 0 Å². The molecule has 0 atom stereocenters. The molecule has 0 bridgehead atoms. The average molecular weight is 288 g/mol. The zero-order chi connectivity index (χ0) is 15.6. The Bertz CT molecular complexity index is 717. The first-order valence-corrected chi connectivity index (χ1v) is 7.88. The summed E-state index contributed by atoms with van der Waals surface area (Å²) < 4.78 is 24.5. The van der Waals surface area contributed by atoms with Crippen molar-refractivity contribution in [2.45, 2.75) is 46.4 Å². The molecule has 0 heterocycles. The summed E-state index contributed by atoms with van der Waals surface area (Å²) >= 11 is 0. The number of rotatable bonds is 1. The minimum absolute atomic E-state index is 0.186. The van der Waals surface area contributed by atoms with E-state index in [1.165, 1.54) is 0 Å². The van der Waals surface area contributed by atoms with Crippen LogP contribution in [-0.4, -0.2) is 8.42 Å². The van der Waals surface area contributed by atoms with Crippen molar-refractivity contribution in [2.75, 3.05) is 0 Å². The van der Waals surface area contributed by atoms with Gasteiger partial charge in [-0.3, -0.25) is 0 Å². The lowest BCUT2D eigenvalue weighted by atomic mass is 9.98. The van der Waals surface area contributed by atoms with Crippen molar-refractivity contribution in [3.63, 3.8) is 0 Å². The van der Waals surface area contributed by atoms with Crippen LogP contribution in [0.4, 0.5) is 0 Å². The van der Waals surface area contributed by atoms with Gasteiger partial charge in [0.05, 0.1) is 4.90 Å². The van der Waals surface area contributed by atoms with Crippen LogP contribution in [0.25, 0.3) is 0 Å². The van der Waals surface area contributed by atoms with Crippen LogP contribution in [0, 0.1) is 49.2 Å². The summed E-state index contributed by atoms with van der Waals surface area (Å²) in [6.45, 7) is 11.4. The van der Waals surface area contributed by atoms with E-state index < -0.39 is 9.84 Å². The van der Waals surface area contributed by atoms with Crippen LogP contribution >= 0.6 is 0 Å². The summed E-state index contributed by atoms with van der Waals surface area (Å²) in [7, 11) is -3.62. The fourth-order valence-electron chi connectivity index (χ4n) is 1.95. The lowest BCUT2D eigenvalue weighted by molar-refractivity contribution is 0.571. The topological polar surface area (TPSA) is 34.1 Å². The summed E-state index contributed by atoms with van der Waals surface area (Å²) in [5.74, 6) is 7.96. The average Bonchev–Trinajstić information content (AvgIpc) is 2.21. The second-order valence-electron chi connectivity index (χ2n) is 5.96. The number of hydrogen-bond donors (Lipinski definition) is 0. The van der Waals surface area contributed by atoms with Crippen molar-refractivity contribution in [3.05, 3.63) is 28.8 Å². The van der Waals surface area contributed by atoms with Gasteiger partial charge in [-0.2, -0.15) is 0 Å². The maximum absolute atomic E-state index is 12.3. The third-order valence-electron chi connectivity index (χ3n) is 2.56. The minimum atomic E-state index is -3.62. The zero-order valence-corrected chi connectivity index (χ0v) is 13.7. The van der Waals surface area contributed by atoms with Crippen LogP contribution in [0.2, 0.25) is 0 Å². The van der Waals surface area contributed by atoms with Gasteiger partial charge in [0, 0.05) is 16.6 Å². The number of benzene rings is 1. The standard InChI is InChI=1S/C17H20O2S/c1-13-11-14(2)16(15(3)12-13)20(18,19)10-8-7-9-17(4,5)6/h11-12H,1-6H3. The summed E-state index contributed by atoms with van der Waals surface area (Å²) in [6.07, 6.45) is 0. The van der Waals surface area contributed by atoms with E-state index in [4.69, 9.17) is 0 Å². The molecular weight excluding hydrogens is 268 g/mol. The van der Waals surface area contributed by atoms with Crippen molar-refractivity contribution in [1.29, 1.82) is 0 Å². The van der Waals surface area contributed by atoms with Crippen molar-refractivity contribution in [2.24, 2.45) is 5.41 Å². The van der Waals surface area contributed by atoms with Crippen LogP contribution in [0.3, 0.4) is 0 Å². The minimum Gasteiger partial charge on any atom is -0.210 e. The molecule has 0 saturated carbocycles. The van der Waals surface area contributed by atoms with Gasteiger partial charge in [0.2, 0.25) is 9.84 Å². The Morgan fingerprint density at radius 1 is 0.950 bits per heavy atom. The highest BCUT2D eigenvalue weighted by molar-refractivity contribution is 7.96. The number of hydrogen-bond acceptors (Lipinski definition) is 2. The molecule has 0 unspecified atom stereocenters. The van der Waals surface area contributed by atoms with Gasteiger partial charge in [0.25, 0.3) is 0 Å². The first kappa shape index (κ1) is 16.3. The molecule has 0 aliphatic rings. The van der Waals surface area contributed by atoms with Crippen molar-refractivity contribution in [1.82, 2.24) is 0 Å². The SMILES string of the molecule is Cc1cc(C)c(S(=O)(=O)C#CC#CC(C)(C)C)c(C)c1. The molecule has 0 fully saturated rings. The van der Waals surface area contributed by atoms with Crippen LogP contribution in [-0.2, 0) is 9.84 Å². The van der Waals surface area contributed by atoms with Crippen molar-refractivity contribution in [3.8, 4) is 23.0 Å². The monoisotopic (exact) mass is 288 g/mol. The third-order valence-corrected chi connectivity index (χ3v) is 4.11. The largest absolute Gasteiger partial charge is 0.246 e. The molecule has 0 aromatic heterocycles. The molecule has 0 aliphatic heterocycles. The van der Waals surface area contributed by atoms with Crippen molar-refractivity contribution < 1.29 is 8.42 Å². The van der Waals surface area contributed by atoms with Gasteiger partial charge in [-0.15, -0.1) is 0 Å². The van der Waals surface area contributed by atoms with Crippen LogP contribution < -0.4 is 0 Å². The molecule has 0 N–H and O–H groups in total. The van der Waals surface area contributed by atoms with E-state index in [1.54, 1.807) is 13.8 Å². The number of aryl methyl sites for hydroxylation is 3. The maximum Gasteiger partial charge on any atom is 0.246 e. The molecule has 20 heavy (non-hydrogen) atoms. The third kappa shape index (κ3) is 4.44. The first-order valence-electron chi connectivity index (χ1n) is 6.40. The first-order chi connectivity index (χ1) is 9.03. The smallest absolute Gasteiger partial charge is 0.210 e. The van der Waals surface area contributed by atoms with E-state index in [0.29, 0.717) is 4.90 Å². The molecule has 0 radical (unpaired) electrons. The Kier molecular flexibility index (Phi) is 4.69. The highest BCUT2D eigenvalue weighted by Gasteiger charge is 2.17. The fourth-order valence-corrected chi connectivity index (χ4v) is 3.21. The Morgan fingerprint density at radius 2 is 1.45 bits per heavy atom. The van der Waals surface area contributed by atoms with E-state index in [-0.39, 0.29) is 5.41 Å². The van der Waals surface area contributed by atoms with Gasteiger partial charge in [0.1, 0.15) is 0 Å². The molecule has 1 aromatic carbocycles. The summed E-state index contributed by atoms with van der Waals surface area (Å²) in [5, 5.41) is 2.30. The zero-order valence-electron chi connectivity index (χ0n) is 12.9. The van der Waals surface area contributed by atoms with Gasteiger partial charge in [-0.05, 0) is 58.6 Å². The normalized spacial score (nSPS) is 11.1. The van der Waals surface area contributed by atoms with Crippen molar-refractivity contribution >= 4 is 9.84 Å². The predicted molar refractivity (Wildman–Crippen MR) is 82.8 cm³/mol. The molecule has 0 aliphatic carbocycles. The van der Waals surface area contributed by atoms with E-state index in [1.807, 2.05) is 39.8 Å². The molecule has 2 nitrogen and oxygen atoms in total. The molecule has 0 amide bonds. The summed E-state index contributed by atoms with van der Waals surface area (Å²) in [5.41, 5.74) is 2.30. The highest BCUT2D eigenvalue weighted by atomic mass is 32.2. The van der Waals surface area contributed by atoms with Gasteiger partial charge in [0.15, 0.2) is 0 Å². The van der Waals surface area contributed by atoms with Gasteiger partial charge >= 0.3 is 0 Å². The molecule has 0 saturated heterocycles. The Labute approximate surface area is 122 Å². The maximum atomic E-state index is 12.3. The molecule has 106 valence electrons. The molecule has 1 aromatic rings. The fraction of sp³-hybridized carbons (Fsp3) is 0.412. The lowest BCUT2D eigenvalue weighted by Gasteiger charge is -2.08. The van der Waals surface area contributed by atoms with Gasteiger partial charge < -0.3 is 0 Å². The second kappa shape index (κ2) is 5.73. The number of sulfone groups is 1. The van der Waals surface area contributed by atoms with E-state index in [2.05, 4.69) is 23.0 Å². The summed E-state index contributed by atoms with van der Waals surface area (Å²) in [6, 6.07) is 3.70. The Balaban J connectivity index is 3.27. The Morgan fingerprint density at radius 3 is 1.90 bits per heavy atom. The van der Waals surface area contributed by atoms with Gasteiger partial charge in [-0.25, -0.2) is 8.42 Å². The molecule has 0 spiro atoms. The van der Waals surface area contributed by atoms with Crippen LogP contribution in [0.1, 0.15) is 37.5 Å². The molecule has 1 rings (SSSR count). The van der Waals surface area contributed by atoms with E-state index in [0.717, 1.165) is 16.7 Å².